The maximum Gasteiger partial charge on any atom is 0.354 e. The highest BCUT2D eigenvalue weighted by molar-refractivity contribution is 8.00. The molecule has 11 heteroatoms. The molecule has 2 unspecified atom stereocenters. The van der Waals surface area contributed by atoms with Crippen LogP contribution in [0.4, 0.5) is 0 Å². The van der Waals surface area contributed by atoms with Crippen molar-refractivity contribution in [3.05, 3.63) is 60.2 Å². The number of nitrogens with one attached hydrogen (secondary N) is 1. The number of carbonyl (C=O) groups is 4. The molecule has 4 atom stereocenters. The fourth-order valence-electron chi connectivity index (χ4n) is 3.68. The molecule has 0 aromatic heterocycles. The van der Waals surface area contributed by atoms with E-state index in [1.54, 1.807) is 42.5 Å². The number of carboxylic acid groups (broad SMARTS) is 1. The highest BCUT2D eigenvalue weighted by Crippen LogP contribution is 2.34. The van der Waals surface area contributed by atoms with Gasteiger partial charge in [0.2, 0.25) is 6.23 Å². The van der Waals surface area contributed by atoms with Crippen molar-refractivity contribution >= 4 is 35.3 Å². The van der Waals surface area contributed by atoms with Gasteiger partial charge in [-0.25, -0.2) is 4.79 Å². The summed E-state index contributed by atoms with van der Waals surface area (Å²) in [5.74, 6) is -2.23. The Labute approximate surface area is 198 Å². The van der Waals surface area contributed by atoms with E-state index >= 15 is 0 Å². The number of carboxylic acids is 1. The summed E-state index contributed by atoms with van der Waals surface area (Å²) in [7, 11) is 0. The van der Waals surface area contributed by atoms with Gasteiger partial charge in [-0.1, -0.05) is 36.4 Å². The SMILES string of the molecule is O=C(COc1ccccc1)N[C@@H]1C(=O)N(C(O)C(=O)O)[C@@H]1SCC(=O)C1Cc2ccccc2O1. The van der Waals surface area contributed by atoms with Crippen LogP contribution < -0.4 is 14.8 Å². The number of amides is 2. The Morgan fingerprint density at radius 1 is 1.15 bits per heavy atom. The number of aliphatic carboxylic acids is 1. The number of Topliss-reactive ketones (excluding diaryl/α,β-unsaturated/α-hetero) is 1. The van der Waals surface area contributed by atoms with E-state index < -0.39 is 41.5 Å². The number of aliphatic hydroxyl groups is 1. The molecule has 34 heavy (non-hydrogen) atoms. The summed E-state index contributed by atoms with van der Waals surface area (Å²) in [5, 5.41) is 20.6. The molecule has 2 aromatic rings. The second-order valence-corrected chi connectivity index (χ2v) is 8.80. The number of aliphatic hydroxyl groups excluding tert-OH is 1. The summed E-state index contributed by atoms with van der Waals surface area (Å²) in [5.41, 5.74) is 0.913. The lowest BCUT2D eigenvalue weighted by Crippen LogP contribution is -2.73. The largest absolute Gasteiger partial charge is 0.484 e. The van der Waals surface area contributed by atoms with Gasteiger partial charge in [-0.05, 0) is 23.8 Å². The van der Waals surface area contributed by atoms with Crippen molar-refractivity contribution in [1.82, 2.24) is 10.2 Å². The summed E-state index contributed by atoms with van der Waals surface area (Å²) >= 11 is 0.956. The predicted molar refractivity (Wildman–Crippen MR) is 120 cm³/mol. The lowest BCUT2D eigenvalue weighted by atomic mass is 10.1. The van der Waals surface area contributed by atoms with Crippen LogP contribution in [0.1, 0.15) is 5.56 Å². The van der Waals surface area contributed by atoms with Gasteiger partial charge >= 0.3 is 5.97 Å². The van der Waals surface area contributed by atoms with Crippen molar-refractivity contribution in [3.8, 4) is 11.5 Å². The van der Waals surface area contributed by atoms with E-state index in [2.05, 4.69) is 5.32 Å². The molecule has 4 rings (SSSR count). The zero-order valence-electron chi connectivity index (χ0n) is 17.8. The number of para-hydroxylation sites is 2. The van der Waals surface area contributed by atoms with Gasteiger partial charge in [-0.3, -0.25) is 19.3 Å². The third-order valence-corrected chi connectivity index (χ3v) is 6.69. The first kappa shape index (κ1) is 23.6. The highest BCUT2D eigenvalue weighted by atomic mass is 32.2. The van der Waals surface area contributed by atoms with Crippen molar-refractivity contribution in [2.45, 2.75) is 30.2 Å². The molecule has 0 aliphatic carbocycles. The number of benzene rings is 2. The molecular formula is C23H22N2O8S. The molecule has 0 bridgehead atoms. The van der Waals surface area contributed by atoms with E-state index in [4.69, 9.17) is 14.6 Å². The average Bonchev–Trinajstić information content (AvgIpc) is 3.28. The fraction of sp³-hybridized carbons (Fsp3) is 0.304. The topological polar surface area (TPSA) is 142 Å². The normalized spacial score (nSPS) is 21.6. The van der Waals surface area contributed by atoms with Crippen LogP contribution in [0.5, 0.6) is 11.5 Å². The number of carbonyl (C=O) groups excluding carboxylic acids is 3. The fourth-order valence-corrected chi connectivity index (χ4v) is 4.96. The molecule has 0 saturated carbocycles. The summed E-state index contributed by atoms with van der Waals surface area (Å²) in [6.07, 6.45) is -2.37. The van der Waals surface area contributed by atoms with Crippen LogP contribution in [0.25, 0.3) is 0 Å². The second kappa shape index (κ2) is 10.1. The second-order valence-electron chi connectivity index (χ2n) is 7.69. The molecule has 2 amide bonds. The van der Waals surface area contributed by atoms with Crippen LogP contribution in [-0.2, 0) is 25.6 Å². The Kier molecular flexibility index (Phi) is 7.03. The number of β-lactam (4-membered cyclic amide) rings is 1. The standard InChI is InChI=1S/C23H22N2O8S/c26-15(17-10-13-6-4-5-9-16(13)33-17)12-34-22-19(20(28)25(22)21(29)23(30)31)24-18(27)11-32-14-7-2-1-3-8-14/h1-9,17,19,21-22,29H,10-12H2,(H,24,27)(H,30,31)/t17?,19-,21?,22-/m1/s1. The number of likely N-dealkylation sites (tertiary alicyclic amines) is 1. The van der Waals surface area contributed by atoms with E-state index in [1.807, 2.05) is 12.1 Å². The average molecular weight is 487 g/mol. The number of fused-ring (bicyclic) bond motifs is 1. The van der Waals surface area contributed by atoms with Crippen molar-refractivity contribution < 1.29 is 38.9 Å². The van der Waals surface area contributed by atoms with Crippen LogP contribution in [0.15, 0.2) is 54.6 Å². The molecule has 2 heterocycles. The van der Waals surface area contributed by atoms with Gasteiger partial charge < -0.3 is 25.0 Å². The van der Waals surface area contributed by atoms with Gasteiger partial charge in [0, 0.05) is 6.42 Å². The Hall–Kier alpha value is -3.57. The summed E-state index contributed by atoms with van der Waals surface area (Å²) in [4.78, 5) is 49.5. The van der Waals surface area contributed by atoms with Crippen LogP contribution in [0, 0.1) is 0 Å². The van der Waals surface area contributed by atoms with Crippen molar-refractivity contribution in [2.24, 2.45) is 0 Å². The van der Waals surface area contributed by atoms with Crippen molar-refractivity contribution in [2.75, 3.05) is 12.4 Å². The number of nitrogens with zero attached hydrogens (tertiary/aromatic N) is 1. The van der Waals surface area contributed by atoms with E-state index in [-0.39, 0.29) is 18.1 Å². The third-order valence-electron chi connectivity index (χ3n) is 5.40. The molecule has 2 aliphatic rings. The Morgan fingerprint density at radius 2 is 1.85 bits per heavy atom. The lowest BCUT2D eigenvalue weighted by molar-refractivity contribution is -0.178. The predicted octanol–water partition coefficient (Wildman–Crippen LogP) is 0.428. The van der Waals surface area contributed by atoms with E-state index in [1.165, 1.54) is 0 Å². The summed E-state index contributed by atoms with van der Waals surface area (Å²) < 4.78 is 11.0. The van der Waals surface area contributed by atoms with Crippen LogP contribution in [0.3, 0.4) is 0 Å². The number of rotatable bonds is 10. The lowest BCUT2D eigenvalue weighted by Gasteiger charge is -2.47. The van der Waals surface area contributed by atoms with E-state index in [0.717, 1.165) is 22.2 Å². The Morgan fingerprint density at radius 3 is 2.56 bits per heavy atom. The molecule has 0 spiro atoms. The Balaban J connectivity index is 1.36. The molecule has 10 nitrogen and oxygen atoms in total. The zero-order chi connectivity index (χ0) is 24.2. The van der Waals surface area contributed by atoms with Gasteiger partial charge in [0.15, 0.2) is 18.5 Å². The summed E-state index contributed by atoms with van der Waals surface area (Å²) in [6, 6.07) is 14.8. The first-order chi connectivity index (χ1) is 16.3. The van der Waals surface area contributed by atoms with Crippen molar-refractivity contribution in [3.63, 3.8) is 0 Å². The molecule has 0 radical (unpaired) electrons. The third kappa shape index (κ3) is 5.00. The minimum absolute atomic E-state index is 0.105. The molecule has 178 valence electrons. The van der Waals surface area contributed by atoms with Gasteiger partial charge in [0.25, 0.3) is 11.8 Å². The quantitative estimate of drug-likeness (QED) is 0.407. The maximum atomic E-state index is 12.7. The maximum absolute atomic E-state index is 12.7. The molecule has 2 aromatic carbocycles. The van der Waals surface area contributed by atoms with Gasteiger partial charge in [-0.2, -0.15) is 0 Å². The zero-order valence-corrected chi connectivity index (χ0v) is 18.6. The monoisotopic (exact) mass is 486 g/mol. The van der Waals surface area contributed by atoms with E-state index in [9.17, 15) is 24.3 Å². The minimum Gasteiger partial charge on any atom is -0.484 e. The van der Waals surface area contributed by atoms with Crippen LogP contribution in [0.2, 0.25) is 0 Å². The van der Waals surface area contributed by atoms with Gasteiger partial charge in [0.05, 0.1) is 5.75 Å². The molecule has 1 fully saturated rings. The molecule has 2 aliphatic heterocycles. The number of thioether (sulfide) groups is 1. The highest BCUT2D eigenvalue weighted by Gasteiger charge is 2.53. The first-order valence-electron chi connectivity index (χ1n) is 10.4. The van der Waals surface area contributed by atoms with Crippen molar-refractivity contribution in [1.29, 1.82) is 0 Å². The Bertz CT molecular complexity index is 1070. The number of hydrogen-bond acceptors (Lipinski definition) is 8. The first-order valence-corrected chi connectivity index (χ1v) is 11.5. The number of hydrogen-bond donors (Lipinski definition) is 3. The van der Waals surface area contributed by atoms with Crippen LogP contribution >= 0.6 is 11.8 Å². The minimum atomic E-state index is -2.10. The molecular weight excluding hydrogens is 464 g/mol. The van der Waals surface area contributed by atoms with Crippen LogP contribution in [-0.4, -0.2) is 74.8 Å². The number of ether oxygens (including phenoxy) is 2. The molecule has 3 N–H and O–H groups in total. The molecule has 1 saturated heterocycles. The van der Waals surface area contributed by atoms with E-state index in [0.29, 0.717) is 17.9 Å². The number of ketones is 1. The smallest absolute Gasteiger partial charge is 0.354 e. The van der Waals surface area contributed by atoms with Gasteiger partial charge in [-0.15, -0.1) is 11.8 Å². The summed E-state index contributed by atoms with van der Waals surface area (Å²) in [6.45, 7) is -0.361. The van der Waals surface area contributed by atoms with Gasteiger partial charge in [0.1, 0.15) is 22.9 Å².